The van der Waals surface area contributed by atoms with Gasteiger partial charge in [-0.1, -0.05) is 45.0 Å². The van der Waals surface area contributed by atoms with Gasteiger partial charge in [0, 0.05) is 6.20 Å². The molecule has 0 bridgehead atoms. The minimum atomic E-state index is -0.0174. The van der Waals surface area contributed by atoms with Crippen molar-refractivity contribution in [1.29, 1.82) is 0 Å². The predicted molar refractivity (Wildman–Crippen MR) is 83.7 cm³/mol. The first-order valence-electron chi connectivity index (χ1n) is 7.07. The largest absolute Gasteiger partial charge is 0.291 e. The Morgan fingerprint density at radius 3 is 2.71 bits per heavy atom. The van der Waals surface area contributed by atoms with Crippen molar-refractivity contribution >= 4 is 5.52 Å². The molecule has 2 heterocycles. The molecule has 2 aromatic heterocycles. The molecule has 0 saturated heterocycles. The summed E-state index contributed by atoms with van der Waals surface area (Å²) >= 11 is 0. The summed E-state index contributed by atoms with van der Waals surface area (Å²) < 4.78 is 3.25. The molecule has 0 aliphatic heterocycles. The summed E-state index contributed by atoms with van der Waals surface area (Å²) in [6.45, 7) is 7.10. The van der Waals surface area contributed by atoms with E-state index in [1.165, 1.54) is 5.56 Å². The second kappa shape index (κ2) is 4.88. The van der Waals surface area contributed by atoms with Crippen molar-refractivity contribution in [3.05, 3.63) is 70.4 Å². The van der Waals surface area contributed by atoms with Gasteiger partial charge in [-0.2, -0.15) is 5.10 Å². The average Bonchev–Trinajstić information content (AvgIpc) is 2.91. The Bertz CT molecular complexity index is 837. The molecule has 0 aliphatic carbocycles. The van der Waals surface area contributed by atoms with Gasteiger partial charge in [-0.3, -0.25) is 9.36 Å². The van der Waals surface area contributed by atoms with Crippen LogP contribution in [-0.2, 0) is 12.0 Å². The van der Waals surface area contributed by atoms with E-state index in [4.69, 9.17) is 0 Å². The third kappa shape index (κ3) is 2.61. The van der Waals surface area contributed by atoms with E-state index in [0.29, 0.717) is 12.1 Å². The number of hydrogen-bond donors (Lipinski definition) is 0. The second-order valence-corrected chi connectivity index (χ2v) is 6.35. The lowest BCUT2D eigenvalue weighted by atomic mass is 9.86. The highest BCUT2D eigenvalue weighted by molar-refractivity contribution is 5.43. The number of benzene rings is 1. The molecule has 0 fully saturated rings. The molecule has 4 nitrogen and oxygen atoms in total. The van der Waals surface area contributed by atoms with Crippen LogP contribution >= 0.6 is 0 Å². The highest BCUT2D eigenvalue weighted by atomic mass is 16.1. The molecule has 0 aliphatic rings. The van der Waals surface area contributed by atoms with Gasteiger partial charge >= 0.3 is 0 Å². The molecule has 3 rings (SSSR count). The van der Waals surface area contributed by atoms with E-state index in [1.54, 1.807) is 27.7 Å². The van der Waals surface area contributed by atoms with Crippen LogP contribution in [0.15, 0.2) is 53.7 Å². The molecule has 0 unspecified atom stereocenters. The molecule has 0 N–H and O–H groups in total. The van der Waals surface area contributed by atoms with Crippen LogP contribution in [0.3, 0.4) is 0 Å². The molecule has 3 aromatic rings. The first-order chi connectivity index (χ1) is 9.95. The molecule has 0 amide bonds. The number of hydrogen-bond acceptors (Lipinski definition) is 2. The van der Waals surface area contributed by atoms with Crippen molar-refractivity contribution < 1.29 is 0 Å². The van der Waals surface area contributed by atoms with Crippen molar-refractivity contribution in [1.82, 2.24) is 14.2 Å². The van der Waals surface area contributed by atoms with Crippen LogP contribution in [0.4, 0.5) is 0 Å². The van der Waals surface area contributed by atoms with Crippen LogP contribution < -0.4 is 5.56 Å². The predicted octanol–water partition coefficient (Wildman–Crippen LogP) is 2.84. The van der Waals surface area contributed by atoms with Gasteiger partial charge in [-0.25, -0.2) is 4.52 Å². The quantitative estimate of drug-likeness (QED) is 0.724. The lowest BCUT2D eigenvalue weighted by Gasteiger charge is -2.20. The summed E-state index contributed by atoms with van der Waals surface area (Å²) in [4.78, 5) is 12.4. The Balaban J connectivity index is 1.99. The molecule has 0 saturated carbocycles. The van der Waals surface area contributed by atoms with Crippen LogP contribution in [-0.4, -0.2) is 14.2 Å². The number of fused-ring (bicyclic) bond motifs is 1. The van der Waals surface area contributed by atoms with E-state index in [-0.39, 0.29) is 11.0 Å². The third-order valence-corrected chi connectivity index (χ3v) is 3.67. The zero-order chi connectivity index (χ0) is 15.0. The summed E-state index contributed by atoms with van der Waals surface area (Å²) in [5.74, 6) is 0. The maximum absolute atomic E-state index is 12.4. The van der Waals surface area contributed by atoms with Gasteiger partial charge in [0.05, 0.1) is 6.54 Å². The van der Waals surface area contributed by atoms with Crippen LogP contribution in [0.2, 0.25) is 0 Å². The smallest absolute Gasteiger partial charge is 0.277 e. The summed E-state index contributed by atoms with van der Waals surface area (Å²) in [5, 5.41) is 4.25. The Hall–Kier alpha value is -2.36. The standard InChI is InChI=1S/C17H19N3O/c1-17(2,3)14-7-4-6-13(10-14)11-19-12-18-20-9-5-8-15(20)16(19)21/h4-10,12H,11H2,1-3H3. The number of rotatable bonds is 2. The Morgan fingerprint density at radius 2 is 1.95 bits per heavy atom. The molecule has 0 spiro atoms. The lowest BCUT2D eigenvalue weighted by Crippen LogP contribution is -2.23. The van der Waals surface area contributed by atoms with Gasteiger partial charge in [0.25, 0.3) is 5.56 Å². The van der Waals surface area contributed by atoms with Crippen molar-refractivity contribution in [3.8, 4) is 0 Å². The fourth-order valence-corrected chi connectivity index (χ4v) is 2.41. The van der Waals surface area contributed by atoms with Gasteiger partial charge in [-0.15, -0.1) is 0 Å². The van der Waals surface area contributed by atoms with E-state index in [1.807, 2.05) is 18.2 Å². The lowest BCUT2D eigenvalue weighted by molar-refractivity contribution is 0.588. The van der Waals surface area contributed by atoms with E-state index >= 15 is 0 Å². The SMILES string of the molecule is CC(C)(C)c1cccc(Cn2cnn3cccc3c2=O)c1. The maximum atomic E-state index is 12.4. The van der Waals surface area contributed by atoms with Crippen molar-refractivity contribution in [3.63, 3.8) is 0 Å². The molecule has 4 heteroatoms. The van der Waals surface area contributed by atoms with Crippen molar-refractivity contribution in [2.75, 3.05) is 0 Å². The zero-order valence-electron chi connectivity index (χ0n) is 12.6. The van der Waals surface area contributed by atoms with Crippen LogP contribution in [0.5, 0.6) is 0 Å². The minimum Gasteiger partial charge on any atom is -0.291 e. The molecule has 21 heavy (non-hydrogen) atoms. The zero-order valence-corrected chi connectivity index (χ0v) is 12.6. The molecule has 0 radical (unpaired) electrons. The second-order valence-electron chi connectivity index (χ2n) is 6.35. The first kappa shape index (κ1) is 13.6. The normalized spacial score (nSPS) is 12.0. The monoisotopic (exact) mass is 281 g/mol. The van der Waals surface area contributed by atoms with Crippen molar-refractivity contribution in [2.45, 2.75) is 32.7 Å². The van der Waals surface area contributed by atoms with Gasteiger partial charge in [0.1, 0.15) is 11.8 Å². The molecule has 1 aromatic carbocycles. The molecular formula is C17H19N3O. The van der Waals surface area contributed by atoms with E-state index in [2.05, 4.69) is 38.0 Å². The van der Waals surface area contributed by atoms with Crippen LogP contribution in [0, 0.1) is 0 Å². The summed E-state index contributed by atoms with van der Waals surface area (Å²) in [5.41, 5.74) is 3.07. The first-order valence-corrected chi connectivity index (χ1v) is 7.07. The van der Waals surface area contributed by atoms with Crippen LogP contribution in [0.25, 0.3) is 5.52 Å². The fraction of sp³-hybridized carbons (Fsp3) is 0.294. The van der Waals surface area contributed by atoms with Gasteiger partial charge in [-0.05, 0) is 28.7 Å². The maximum Gasteiger partial charge on any atom is 0.277 e. The highest BCUT2D eigenvalue weighted by Crippen LogP contribution is 2.22. The van der Waals surface area contributed by atoms with E-state index in [9.17, 15) is 4.79 Å². The summed E-state index contributed by atoms with van der Waals surface area (Å²) in [7, 11) is 0. The molecule has 0 atom stereocenters. The van der Waals surface area contributed by atoms with E-state index < -0.39 is 0 Å². The Morgan fingerprint density at radius 1 is 1.14 bits per heavy atom. The highest BCUT2D eigenvalue weighted by Gasteiger charge is 2.14. The van der Waals surface area contributed by atoms with Crippen LogP contribution in [0.1, 0.15) is 31.9 Å². The Kier molecular flexibility index (Phi) is 3.16. The fourth-order valence-electron chi connectivity index (χ4n) is 2.41. The summed E-state index contributed by atoms with van der Waals surface area (Å²) in [6.07, 6.45) is 3.38. The minimum absolute atomic E-state index is 0.0174. The Labute approximate surface area is 123 Å². The number of nitrogens with zero attached hydrogens (tertiary/aromatic N) is 3. The summed E-state index contributed by atoms with van der Waals surface area (Å²) in [6, 6.07) is 12.0. The average molecular weight is 281 g/mol. The topological polar surface area (TPSA) is 39.3 Å². The van der Waals surface area contributed by atoms with E-state index in [0.717, 1.165) is 5.56 Å². The van der Waals surface area contributed by atoms with Gasteiger partial charge in [0.15, 0.2) is 0 Å². The van der Waals surface area contributed by atoms with Crippen molar-refractivity contribution in [2.24, 2.45) is 0 Å². The number of aromatic nitrogens is 3. The van der Waals surface area contributed by atoms with Gasteiger partial charge in [0.2, 0.25) is 0 Å². The molecular weight excluding hydrogens is 262 g/mol. The molecule has 108 valence electrons. The van der Waals surface area contributed by atoms with Gasteiger partial charge < -0.3 is 0 Å². The third-order valence-electron chi connectivity index (χ3n) is 3.67.